The second-order valence-electron chi connectivity index (χ2n) is 6.63. The molecule has 0 radical (unpaired) electrons. The maximum absolute atomic E-state index is 12.9. The fourth-order valence-corrected chi connectivity index (χ4v) is 3.39. The van der Waals surface area contributed by atoms with Crippen molar-refractivity contribution in [3.63, 3.8) is 0 Å². The highest BCUT2D eigenvalue weighted by Gasteiger charge is 2.35. The van der Waals surface area contributed by atoms with Crippen molar-refractivity contribution in [1.82, 2.24) is 20.0 Å². The first kappa shape index (κ1) is 15.7. The monoisotopic (exact) mass is 344 g/mol. The third kappa shape index (κ3) is 3.32. The molecule has 1 atom stereocenters. The van der Waals surface area contributed by atoms with E-state index in [2.05, 4.69) is 10.4 Å². The lowest BCUT2D eigenvalue weighted by Gasteiger charge is -2.25. The Balaban J connectivity index is 1.51. The van der Waals surface area contributed by atoms with E-state index in [-0.39, 0.29) is 5.91 Å². The summed E-state index contributed by atoms with van der Waals surface area (Å²) < 4.78 is 1.72. The van der Waals surface area contributed by atoms with E-state index in [1.54, 1.807) is 10.9 Å². The lowest BCUT2D eigenvalue weighted by molar-refractivity contribution is 0.0728. The van der Waals surface area contributed by atoms with Crippen LogP contribution in [0.1, 0.15) is 36.0 Å². The first-order valence-electron chi connectivity index (χ1n) is 8.56. The number of halogens is 1. The summed E-state index contributed by atoms with van der Waals surface area (Å²) in [6, 6.07) is 8.26. The maximum atomic E-state index is 12.9. The van der Waals surface area contributed by atoms with E-state index in [4.69, 9.17) is 11.6 Å². The van der Waals surface area contributed by atoms with Crippen LogP contribution in [0.4, 0.5) is 0 Å². The number of amides is 1. The number of rotatable bonds is 5. The molecule has 126 valence electrons. The van der Waals surface area contributed by atoms with Gasteiger partial charge in [-0.15, -0.1) is 0 Å². The highest BCUT2D eigenvalue weighted by atomic mass is 35.5. The maximum Gasteiger partial charge on any atom is 0.257 e. The lowest BCUT2D eigenvalue weighted by atomic mass is 10.2. The van der Waals surface area contributed by atoms with Crippen LogP contribution in [0.15, 0.2) is 36.7 Å². The standard InChI is InChI=1S/C18H21ClN4O/c19-14-3-5-17(6-4-14)23-11-13(10-21-23)18(24)22(16-7-8-16)12-15-2-1-9-20-15/h3-6,10-11,15-16,20H,1-2,7-9,12H2. The third-order valence-corrected chi connectivity index (χ3v) is 5.00. The number of hydrogen-bond acceptors (Lipinski definition) is 3. The number of hydrogen-bond donors (Lipinski definition) is 1. The molecular formula is C18H21ClN4O. The van der Waals surface area contributed by atoms with E-state index in [1.807, 2.05) is 35.4 Å². The molecule has 1 aliphatic heterocycles. The van der Waals surface area contributed by atoms with Crippen molar-refractivity contribution in [2.24, 2.45) is 0 Å². The summed E-state index contributed by atoms with van der Waals surface area (Å²) in [5.74, 6) is 0.0893. The van der Waals surface area contributed by atoms with E-state index in [0.717, 1.165) is 38.0 Å². The molecule has 2 aromatic rings. The van der Waals surface area contributed by atoms with Crippen molar-refractivity contribution < 1.29 is 4.79 Å². The second kappa shape index (κ2) is 6.57. The van der Waals surface area contributed by atoms with Gasteiger partial charge in [-0.2, -0.15) is 5.10 Å². The molecule has 2 fully saturated rings. The Morgan fingerprint density at radius 1 is 1.29 bits per heavy atom. The molecular weight excluding hydrogens is 324 g/mol. The molecule has 1 aromatic heterocycles. The van der Waals surface area contributed by atoms with Crippen LogP contribution < -0.4 is 5.32 Å². The highest BCUT2D eigenvalue weighted by molar-refractivity contribution is 6.30. The minimum absolute atomic E-state index is 0.0893. The molecule has 1 aliphatic carbocycles. The summed E-state index contributed by atoms with van der Waals surface area (Å²) in [5, 5.41) is 8.51. The predicted molar refractivity (Wildman–Crippen MR) is 93.7 cm³/mol. The number of nitrogens with zero attached hydrogens (tertiary/aromatic N) is 3. The highest BCUT2D eigenvalue weighted by Crippen LogP contribution is 2.29. The van der Waals surface area contributed by atoms with Crippen molar-refractivity contribution in [3.8, 4) is 5.69 Å². The molecule has 0 spiro atoms. The van der Waals surface area contributed by atoms with Crippen LogP contribution in [0.25, 0.3) is 5.69 Å². The Labute approximate surface area is 146 Å². The zero-order valence-electron chi connectivity index (χ0n) is 13.5. The van der Waals surface area contributed by atoms with Gasteiger partial charge in [0.1, 0.15) is 0 Å². The van der Waals surface area contributed by atoms with Crippen LogP contribution in [-0.2, 0) is 0 Å². The molecule has 1 amide bonds. The zero-order valence-corrected chi connectivity index (χ0v) is 14.2. The van der Waals surface area contributed by atoms with Crippen LogP contribution in [-0.4, -0.2) is 45.8 Å². The van der Waals surface area contributed by atoms with Gasteiger partial charge in [0.2, 0.25) is 0 Å². The first-order chi connectivity index (χ1) is 11.7. The van der Waals surface area contributed by atoms with E-state index >= 15 is 0 Å². The predicted octanol–water partition coefficient (Wildman–Crippen LogP) is 2.88. The number of aromatic nitrogens is 2. The minimum atomic E-state index is 0.0893. The van der Waals surface area contributed by atoms with Crippen molar-refractivity contribution in [3.05, 3.63) is 47.2 Å². The average Bonchev–Trinajstić information content (AvgIpc) is 3.10. The van der Waals surface area contributed by atoms with Gasteiger partial charge in [0, 0.05) is 29.8 Å². The van der Waals surface area contributed by atoms with E-state index < -0.39 is 0 Å². The molecule has 1 aromatic carbocycles. The van der Waals surface area contributed by atoms with Gasteiger partial charge in [-0.1, -0.05) is 11.6 Å². The molecule has 1 saturated carbocycles. The Morgan fingerprint density at radius 3 is 2.75 bits per heavy atom. The summed E-state index contributed by atoms with van der Waals surface area (Å²) in [6.45, 7) is 1.86. The molecule has 1 N–H and O–H groups in total. The summed E-state index contributed by atoms with van der Waals surface area (Å²) in [7, 11) is 0. The normalized spacial score (nSPS) is 20.3. The topological polar surface area (TPSA) is 50.2 Å². The minimum Gasteiger partial charge on any atom is -0.334 e. The summed E-state index contributed by atoms with van der Waals surface area (Å²) in [5.41, 5.74) is 1.55. The summed E-state index contributed by atoms with van der Waals surface area (Å²) in [4.78, 5) is 15.0. The molecule has 1 saturated heterocycles. The molecule has 2 aliphatic rings. The van der Waals surface area contributed by atoms with Gasteiger partial charge in [-0.05, 0) is 56.5 Å². The van der Waals surface area contributed by atoms with Crippen molar-refractivity contribution in [2.45, 2.75) is 37.8 Å². The number of carbonyl (C=O) groups is 1. The van der Waals surface area contributed by atoms with Gasteiger partial charge in [-0.25, -0.2) is 4.68 Å². The Hall–Kier alpha value is -1.85. The van der Waals surface area contributed by atoms with Crippen LogP contribution in [0, 0.1) is 0 Å². The van der Waals surface area contributed by atoms with Gasteiger partial charge in [0.05, 0.1) is 17.4 Å². The third-order valence-electron chi connectivity index (χ3n) is 4.75. The largest absolute Gasteiger partial charge is 0.334 e. The van der Waals surface area contributed by atoms with Gasteiger partial charge < -0.3 is 10.2 Å². The summed E-state index contributed by atoms with van der Waals surface area (Å²) in [6.07, 6.45) is 8.05. The van der Waals surface area contributed by atoms with Crippen molar-refractivity contribution in [1.29, 1.82) is 0 Å². The van der Waals surface area contributed by atoms with E-state index in [0.29, 0.717) is 22.7 Å². The number of carbonyl (C=O) groups excluding carboxylic acids is 1. The molecule has 4 rings (SSSR count). The first-order valence-corrected chi connectivity index (χ1v) is 8.93. The Bertz CT molecular complexity index is 717. The van der Waals surface area contributed by atoms with E-state index in [1.165, 1.54) is 6.42 Å². The van der Waals surface area contributed by atoms with Gasteiger partial charge in [0.25, 0.3) is 5.91 Å². The fraction of sp³-hybridized carbons (Fsp3) is 0.444. The Kier molecular flexibility index (Phi) is 4.29. The van der Waals surface area contributed by atoms with Crippen molar-refractivity contribution in [2.75, 3.05) is 13.1 Å². The van der Waals surface area contributed by atoms with Crippen molar-refractivity contribution >= 4 is 17.5 Å². The molecule has 2 heterocycles. The molecule has 0 bridgehead atoms. The van der Waals surface area contributed by atoms with Crippen LogP contribution in [0.5, 0.6) is 0 Å². The van der Waals surface area contributed by atoms with Gasteiger partial charge in [0.15, 0.2) is 0 Å². The van der Waals surface area contributed by atoms with Crippen LogP contribution in [0.3, 0.4) is 0 Å². The molecule has 24 heavy (non-hydrogen) atoms. The Morgan fingerprint density at radius 2 is 2.08 bits per heavy atom. The SMILES string of the molecule is O=C(c1cnn(-c2ccc(Cl)cc2)c1)N(CC1CCCN1)C1CC1. The lowest BCUT2D eigenvalue weighted by Crippen LogP contribution is -2.42. The zero-order chi connectivity index (χ0) is 16.5. The van der Waals surface area contributed by atoms with E-state index in [9.17, 15) is 4.79 Å². The fourth-order valence-electron chi connectivity index (χ4n) is 3.27. The summed E-state index contributed by atoms with van der Waals surface area (Å²) >= 11 is 5.92. The number of nitrogens with one attached hydrogen (secondary N) is 1. The van der Waals surface area contributed by atoms with Crippen LogP contribution >= 0.6 is 11.6 Å². The molecule has 5 nitrogen and oxygen atoms in total. The number of benzene rings is 1. The van der Waals surface area contributed by atoms with Gasteiger partial charge in [-0.3, -0.25) is 4.79 Å². The van der Waals surface area contributed by atoms with Gasteiger partial charge >= 0.3 is 0 Å². The molecule has 1 unspecified atom stereocenters. The average molecular weight is 345 g/mol. The molecule has 6 heteroatoms. The quantitative estimate of drug-likeness (QED) is 0.907. The second-order valence-corrected chi connectivity index (χ2v) is 7.07. The van der Waals surface area contributed by atoms with Crippen LogP contribution in [0.2, 0.25) is 5.02 Å². The smallest absolute Gasteiger partial charge is 0.257 e.